The van der Waals surface area contributed by atoms with E-state index in [0.717, 1.165) is 15.3 Å². The minimum absolute atomic E-state index is 0.0428. The number of imide groups is 1. The number of hydrogen-bond acceptors (Lipinski definition) is 7. The lowest BCUT2D eigenvalue weighted by Gasteiger charge is -2.15. The third-order valence-corrected chi connectivity index (χ3v) is 5.77. The summed E-state index contributed by atoms with van der Waals surface area (Å²) in [5, 5.41) is 3.15. The molecule has 0 spiro atoms. The summed E-state index contributed by atoms with van der Waals surface area (Å²) < 4.78 is 5.16. The van der Waals surface area contributed by atoms with Gasteiger partial charge < -0.3 is 15.0 Å². The number of ether oxygens (including phenoxy) is 1. The van der Waals surface area contributed by atoms with E-state index < -0.39 is 17.5 Å². The number of carbonyl (C=O) groups is 3. The van der Waals surface area contributed by atoms with Gasteiger partial charge in [-0.05, 0) is 39.7 Å². The van der Waals surface area contributed by atoms with E-state index in [4.69, 9.17) is 4.74 Å². The molecule has 1 saturated heterocycles. The second-order valence-corrected chi connectivity index (χ2v) is 8.46. The zero-order valence-electron chi connectivity index (χ0n) is 16.2. The van der Waals surface area contributed by atoms with Crippen LogP contribution in [0.4, 0.5) is 4.79 Å². The molecule has 28 heavy (non-hydrogen) atoms. The molecule has 0 atom stereocenters. The van der Waals surface area contributed by atoms with Crippen LogP contribution in [0.2, 0.25) is 0 Å². The predicted octanol–water partition coefficient (Wildman–Crippen LogP) is 1.76. The van der Waals surface area contributed by atoms with Crippen molar-refractivity contribution in [2.75, 3.05) is 6.54 Å². The third kappa shape index (κ3) is 3.77. The first kappa shape index (κ1) is 20.0. The number of aryl methyl sites for hydroxylation is 2. The van der Waals surface area contributed by atoms with Gasteiger partial charge in [0.2, 0.25) is 0 Å². The number of urea groups is 1. The van der Waals surface area contributed by atoms with Crippen molar-refractivity contribution < 1.29 is 19.1 Å². The van der Waals surface area contributed by atoms with Crippen LogP contribution in [-0.2, 0) is 20.9 Å². The molecule has 3 heterocycles. The Kier molecular flexibility index (Phi) is 5.24. The first-order valence-electron chi connectivity index (χ1n) is 8.89. The summed E-state index contributed by atoms with van der Waals surface area (Å²) in [6, 6.07) is -0.458. The van der Waals surface area contributed by atoms with Crippen LogP contribution in [0.25, 0.3) is 10.2 Å². The van der Waals surface area contributed by atoms with E-state index in [1.54, 1.807) is 13.8 Å². The molecule has 1 aliphatic heterocycles. The van der Waals surface area contributed by atoms with Gasteiger partial charge in [0.15, 0.2) is 0 Å². The highest BCUT2D eigenvalue weighted by atomic mass is 32.1. The molecular weight excluding hydrogens is 384 g/mol. The number of rotatable bonds is 6. The summed E-state index contributed by atoms with van der Waals surface area (Å²) in [6.45, 7) is 7.05. The average Bonchev–Trinajstić information content (AvgIpc) is 3.00. The number of thiophene rings is 1. The summed E-state index contributed by atoms with van der Waals surface area (Å²) in [5.74, 6) is -0.530. The number of hydrogen-bond donors (Lipinski definition) is 2. The minimum Gasteiger partial charge on any atom is -0.458 e. The maximum absolute atomic E-state index is 12.2. The highest BCUT2D eigenvalue weighted by molar-refractivity contribution is 7.18. The summed E-state index contributed by atoms with van der Waals surface area (Å²) in [7, 11) is 0. The normalized spacial score (nSPS) is 15.9. The standard InChI is InChI=1S/C18H22N4O5S/c1-9-10(2)28-15-13(9)14(24)19-11(20-15)8-27-12(23)6-5-7-22-16(25)18(3,4)21-17(22)26/h5-8H2,1-4H3,(H,21,26)(H,19,20,24). The molecule has 0 bridgehead atoms. The molecular formula is C18H22N4O5S. The van der Waals surface area contributed by atoms with Crippen LogP contribution in [-0.4, -0.2) is 44.9 Å². The van der Waals surface area contributed by atoms with Gasteiger partial charge in [-0.15, -0.1) is 11.3 Å². The summed E-state index contributed by atoms with van der Waals surface area (Å²) in [6.07, 6.45) is 0.335. The predicted molar refractivity (Wildman–Crippen MR) is 103 cm³/mol. The third-order valence-electron chi connectivity index (χ3n) is 4.67. The molecule has 3 rings (SSSR count). The Morgan fingerprint density at radius 3 is 2.61 bits per heavy atom. The van der Waals surface area contributed by atoms with Crippen molar-refractivity contribution in [3.63, 3.8) is 0 Å². The molecule has 0 unspecified atom stereocenters. The van der Waals surface area contributed by atoms with Crippen molar-refractivity contribution in [2.45, 2.75) is 52.7 Å². The van der Waals surface area contributed by atoms with Gasteiger partial charge in [-0.25, -0.2) is 9.78 Å². The molecule has 10 heteroatoms. The molecule has 0 radical (unpaired) electrons. The zero-order chi connectivity index (χ0) is 20.6. The van der Waals surface area contributed by atoms with Gasteiger partial charge in [0.1, 0.15) is 22.8 Å². The quantitative estimate of drug-likeness (QED) is 0.557. The first-order valence-corrected chi connectivity index (χ1v) is 9.70. The molecule has 2 aromatic heterocycles. The largest absolute Gasteiger partial charge is 0.458 e. The van der Waals surface area contributed by atoms with Gasteiger partial charge in [-0.1, -0.05) is 0 Å². The van der Waals surface area contributed by atoms with Crippen LogP contribution in [0.15, 0.2) is 4.79 Å². The Morgan fingerprint density at radius 1 is 1.25 bits per heavy atom. The van der Waals surface area contributed by atoms with Crippen molar-refractivity contribution in [3.05, 3.63) is 26.6 Å². The van der Waals surface area contributed by atoms with Gasteiger partial charge in [0.05, 0.1) is 5.39 Å². The average molecular weight is 406 g/mol. The SMILES string of the molecule is Cc1sc2nc(COC(=O)CCCN3C(=O)NC(C)(C)C3=O)[nH]c(=O)c2c1C. The number of H-pyrrole nitrogens is 1. The Morgan fingerprint density at radius 2 is 1.96 bits per heavy atom. The Bertz CT molecular complexity index is 1020. The van der Waals surface area contributed by atoms with E-state index in [1.165, 1.54) is 11.3 Å². The second kappa shape index (κ2) is 7.34. The molecule has 0 aliphatic carbocycles. The molecule has 9 nitrogen and oxygen atoms in total. The minimum atomic E-state index is -0.924. The molecule has 1 fully saturated rings. The summed E-state index contributed by atoms with van der Waals surface area (Å²) in [4.78, 5) is 57.7. The summed E-state index contributed by atoms with van der Waals surface area (Å²) >= 11 is 1.42. The second-order valence-electron chi connectivity index (χ2n) is 7.25. The number of aromatic nitrogens is 2. The maximum Gasteiger partial charge on any atom is 0.325 e. The lowest BCUT2D eigenvalue weighted by atomic mass is 10.1. The number of esters is 1. The van der Waals surface area contributed by atoms with E-state index in [1.807, 2.05) is 13.8 Å². The molecule has 2 aromatic rings. The van der Waals surface area contributed by atoms with Crippen molar-refractivity contribution in [3.8, 4) is 0 Å². The van der Waals surface area contributed by atoms with E-state index in [9.17, 15) is 19.2 Å². The molecule has 1 aliphatic rings. The van der Waals surface area contributed by atoms with Crippen LogP contribution < -0.4 is 10.9 Å². The van der Waals surface area contributed by atoms with Crippen molar-refractivity contribution in [2.24, 2.45) is 0 Å². The fourth-order valence-corrected chi connectivity index (χ4v) is 4.04. The van der Waals surface area contributed by atoms with Crippen LogP contribution in [0.1, 0.15) is 43.0 Å². The van der Waals surface area contributed by atoms with Crippen LogP contribution >= 0.6 is 11.3 Å². The maximum atomic E-state index is 12.2. The number of aromatic amines is 1. The number of amides is 3. The van der Waals surface area contributed by atoms with E-state index in [-0.39, 0.29) is 36.9 Å². The number of carbonyl (C=O) groups excluding carboxylic acids is 3. The molecule has 2 N–H and O–H groups in total. The van der Waals surface area contributed by atoms with Gasteiger partial charge in [0.25, 0.3) is 11.5 Å². The van der Waals surface area contributed by atoms with Crippen molar-refractivity contribution >= 4 is 39.5 Å². The highest BCUT2D eigenvalue weighted by Gasteiger charge is 2.43. The Balaban J connectivity index is 1.52. The zero-order valence-corrected chi connectivity index (χ0v) is 17.0. The fraction of sp³-hybridized carbons (Fsp3) is 0.500. The van der Waals surface area contributed by atoms with Gasteiger partial charge in [0, 0.05) is 17.8 Å². The van der Waals surface area contributed by atoms with E-state index in [2.05, 4.69) is 15.3 Å². The topological polar surface area (TPSA) is 121 Å². The number of nitrogens with one attached hydrogen (secondary N) is 2. The van der Waals surface area contributed by atoms with Crippen molar-refractivity contribution in [1.82, 2.24) is 20.2 Å². The van der Waals surface area contributed by atoms with Gasteiger partial charge >= 0.3 is 12.0 Å². The van der Waals surface area contributed by atoms with Gasteiger partial charge in [-0.2, -0.15) is 0 Å². The number of nitrogens with zero attached hydrogens (tertiary/aromatic N) is 2. The summed E-state index contributed by atoms with van der Waals surface area (Å²) in [5.41, 5.74) is -0.272. The Hall–Kier alpha value is -2.75. The Labute approximate surface area is 165 Å². The fourth-order valence-electron chi connectivity index (χ4n) is 2.99. The van der Waals surface area contributed by atoms with Crippen LogP contribution in [0.5, 0.6) is 0 Å². The molecule has 0 saturated carbocycles. The van der Waals surface area contributed by atoms with Crippen LogP contribution in [0.3, 0.4) is 0 Å². The smallest absolute Gasteiger partial charge is 0.325 e. The highest BCUT2D eigenvalue weighted by Crippen LogP contribution is 2.25. The lowest BCUT2D eigenvalue weighted by Crippen LogP contribution is -2.40. The van der Waals surface area contributed by atoms with Gasteiger partial charge in [-0.3, -0.25) is 19.3 Å². The molecule has 150 valence electrons. The van der Waals surface area contributed by atoms with E-state index in [0.29, 0.717) is 16.6 Å². The molecule has 0 aromatic carbocycles. The first-order chi connectivity index (χ1) is 13.1. The van der Waals surface area contributed by atoms with Crippen molar-refractivity contribution in [1.29, 1.82) is 0 Å². The number of fused-ring (bicyclic) bond motifs is 1. The monoisotopic (exact) mass is 406 g/mol. The molecule has 3 amide bonds. The lowest BCUT2D eigenvalue weighted by molar-refractivity contribution is -0.145. The van der Waals surface area contributed by atoms with E-state index >= 15 is 0 Å². The van der Waals surface area contributed by atoms with Crippen LogP contribution in [0, 0.1) is 13.8 Å².